The number of benzene rings is 2. The van der Waals surface area contributed by atoms with E-state index in [-0.39, 0.29) is 5.56 Å². The Bertz CT molecular complexity index is 1420. The average Bonchev–Trinajstić information content (AvgIpc) is 2.88. The van der Waals surface area contributed by atoms with Crippen LogP contribution in [-0.4, -0.2) is 23.2 Å². The molecule has 210 valence electrons. The van der Waals surface area contributed by atoms with Crippen LogP contribution < -0.4 is 14.8 Å². The van der Waals surface area contributed by atoms with Gasteiger partial charge in [0.1, 0.15) is 17.5 Å². The van der Waals surface area contributed by atoms with Crippen LogP contribution in [0.5, 0.6) is 11.5 Å². The first-order valence-electron chi connectivity index (χ1n) is 12.1. The summed E-state index contributed by atoms with van der Waals surface area (Å²) in [6.07, 6.45) is 5.19. The molecule has 1 N–H and O–H groups in total. The highest BCUT2D eigenvalue weighted by Gasteiger charge is 2.26. The topological polar surface area (TPSA) is 56.3 Å². The van der Waals surface area contributed by atoms with Gasteiger partial charge in [0.05, 0.1) is 5.54 Å². The first-order chi connectivity index (χ1) is 19.0. The third kappa shape index (κ3) is 7.22. The van der Waals surface area contributed by atoms with Crippen LogP contribution in [0.15, 0.2) is 79.3 Å². The predicted molar refractivity (Wildman–Crippen MR) is 137 cm³/mol. The fourth-order valence-corrected chi connectivity index (χ4v) is 4.37. The zero-order chi connectivity index (χ0) is 28.9. The fraction of sp³-hybridized carbons (Fsp3) is 0.241. The largest absolute Gasteiger partial charge is 0.431 e. The fourth-order valence-electron chi connectivity index (χ4n) is 4.37. The van der Waals surface area contributed by atoms with Gasteiger partial charge in [0.15, 0.2) is 11.5 Å². The predicted octanol–water partition coefficient (Wildman–Crippen LogP) is 7.68. The highest BCUT2D eigenvalue weighted by molar-refractivity contribution is 5.48. The summed E-state index contributed by atoms with van der Waals surface area (Å²) < 4.78 is 88.4. The van der Waals surface area contributed by atoms with E-state index in [1.807, 2.05) is 0 Å². The second-order valence-corrected chi connectivity index (χ2v) is 9.43. The van der Waals surface area contributed by atoms with E-state index in [1.165, 1.54) is 24.3 Å². The summed E-state index contributed by atoms with van der Waals surface area (Å²) >= 11 is 0. The lowest BCUT2D eigenvalue weighted by Crippen LogP contribution is -2.29. The molecule has 0 aliphatic carbocycles. The number of halogens is 6. The van der Waals surface area contributed by atoms with Gasteiger partial charge in [0.2, 0.25) is 0 Å². The number of rotatable bonds is 11. The Balaban J connectivity index is 1.67. The lowest BCUT2D eigenvalue weighted by molar-refractivity contribution is -0.0692. The molecule has 11 heteroatoms. The van der Waals surface area contributed by atoms with E-state index in [4.69, 9.17) is 0 Å². The Morgan fingerprint density at radius 1 is 0.800 bits per heavy atom. The minimum atomic E-state index is -3.25. The number of nitrogens with zero attached hydrogens (tertiary/aromatic N) is 2. The number of nitrogens with one attached hydrogen (secondary N) is 1. The number of alkyl halides is 4. The first kappa shape index (κ1) is 28.7. The summed E-state index contributed by atoms with van der Waals surface area (Å²) in [6.45, 7) is -3.04. The van der Waals surface area contributed by atoms with Crippen molar-refractivity contribution in [3.05, 3.63) is 113 Å². The molecular formula is C29H25F6N3O2. The van der Waals surface area contributed by atoms with E-state index < -0.39 is 47.8 Å². The number of aromatic nitrogens is 2. The minimum Gasteiger partial charge on any atom is -0.431 e. The molecule has 2 aromatic carbocycles. The quantitative estimate of drug-likeness (QED) is 0.190. The van der Waals surface area contributed by atoms with E-state index in [2.05, 4.69) is 24.8 Å². The van der Waals surface area contributed by atoms with Gasteiger partial charge in [-0.15, -0.1) is 0 Å². The van der Waals surface area contributed by atoms with Crippen LogP contribution in [0.4, 0.5) is 32.2 Å². The molecule has 2 aromatic heterocycles. The van der Waals surface area contributed by atoms with E-state index in [9.17, 15) is 26.3 Å². The number of anilines is 1. The molecule has 1 atom stereocenters. The second kappa shape index (κ2) is 12.3. The molecule has 0 saturated carbocycles. The van der Waals surface area contributed by atoms with Gasteiger partial charge in [0.25, 0.3) is 0 Å². The zero-order valence-electron chi connectivity index (χ0n) is 21.4. The highest BCUT2D eigenvalue weighted by atomic mass is 19.3. The Morgan fingerprint density at radius 3 is 2.10 bits per heavy atom. The molecule has 5 nitrogen and oxygen atoms in total. The summed E-state index contributed by atoms with van der Waals surface area (Å²) in [5, 5.41) is 3.13. The third-order valence-electron chi connectivity index (χ3n) is 6.23. The number of ether oxygens (including phenoxy) is 2. The Kier molecular flexibility index (Phi) is 8.81. The molecule has 0 fully saturated rings. The maximum atomic E-state index is 14.4. The average molecular weight is 562 g/mol. The molecule has 0 amide bonds. The smallest absolute Gasteiger partial charge is 0.387 e. The van der Waals surface area contributed by atoms with Crippen LogP contribution in [0, 0.1) is 11.6 Å². The van der Waals surface area contributed by atoms with Gasteiger partial charge >= 0.3 is 13.2 Å². The van der Waals surface area contributed by atoms with E-state index in [0.717, 1.165) is 17.7 Å². The molecule has 0 aliphatic heterocycles. The third-order valence-corrected chi connectivity index (χ3v) is 6.23. The summed E-state index contributed by atoms with van der Waals surface area (Å²) in [6, 6.07) is 14.2. The lowest BCUT2D eigenvalue weighted by Gasteiger charge is -2.28. The van der Waals surface area contributed by atoms with Crippen LogP contribution in [0.2, 0.25) is 0 Å². The molecule has 0 saturated heterocycles. The molecule has 1 unspecified atom stereocenters. The van der Waals surface area contributed by atoms with E-state index >= 15 is 0 Å². The molecule has 2 heterocycles. The summed E-state index contributed by atoms with van der Waals surface area (Å²) in [5.41, 5.74) is 1.35. The minimum absolute atomic E-state index is 0.244. The van der Waals surface area contributed by atoms with Gasteiger partial charge in [-0.3, -0.25) is 4.98 Å². The van der Waals surface area contributed by atoms with Crippen molar-refractivity contribution < 1.29 is 35.8 Å². The maximum Gasteiger partial charge on any atom is 0.387 e. The van der Waals surface area contributed by atoms with Gasteiger partial charge in [-0.25, -0.2) is 13.8 Å². The van der Waals surface area contributed by atoms with E-state index in [0.29, 0.717) is 23.4 Å². The maximum absolute atomic E-state index is 14.4. The molecule has 40 heavy (non-hydrogen) atoms. The van der Waals surface area contributed by atoms with Crippen molar-refractivity contribution in [1.82, 2.24) is 9.97 Å². The van der Waals surface area contributed by atoms with Crippen molar-refractivity contribution in [2.24, 2.45) is 0 Å². The van der Waals surface area contributed by atoms with Crippen LogP contribution >= 0.6 is 0 Å². The molecule has 0 bridgehead atoms. The van der Waals surface area contributed by atoms with Crippen molar-refractivity contribution in [3.63, 3.8) is 0 Å². The molecular weight excluding hydrogens is 536 g/mol. The lowest BCUT2D eigenvalue weighted by atomic mass is 9.86. The van der Waals surface area contributed by atoms with Gasteiger partial charge < -0.3 is 14.8 Å². The van der Waals surface area contributed by atoms with Gasteiger partial charge in [0, 0.05) is 36.1 Å². The van der Waals surface area contributed by atoms with Gasteiger partial charge in [-0.2, -0.15) is 17.6 Å². The zero-order valence-corrected chi connectivity index (χ0v) is 21.4. The normalized spacial score (nSPS) is 12.4. The SMILES string of the molecule is CC(C)(Nc1ccc(C(Cc2ccncc2)c2ccc(OC(F)F)c(OC(F)F)c2)cn1)c1ccc(F)cc1F. The highest BCUT2D eigenvalue weighted by Crippen LogP contribution is 2.37. The summed E-state index contributed by atoms with van der Waals surface area (Å²) in [4.78, 5) is 8.46. The van der Waals surface area contributed by atoms with Crippen molar-refractivity contribution in [2.45, 2.75) is 44.9 Å². The molecule has 0 radical (unpaired) electrons. The van der Waals surface area contributed by atoms with Crippen LogP contribution in [0.3, 0.4) is 0 Å². The van der Waals surface area contributed by atoms with Crippen LogP contribution in [0.25, 0.3) is 0 Å². The molecule has 4 aromatic rings. The van der Waals surface area contributed by atoms with Gasteiger partial charge in [-0.05, 0) is 73.4 Å². The van der Waals surface area contributed by atoms with Crippen molar-refractivity contribution in [2.75, 3.05) is 5.32 Å². The van der Waals surface area contributed by atoms with Crippen LogP contribution in [0.1, 0.15) is 42.0 Å². The van der Waals surface area contributed by atoms with E-state index in [1.54, 1.807) is 56.7 Å². The van der Waals surface area contributed by atoms with Crippen molar-refractivity contribution >= 4 is 5.82 Å². The Hall–Kier alpha value is -4.28. The second-order valence-electron chi connectivity index (χ2n) is 9.43. The standard InChI is InChI=1S/C29H25F6N3O2/c1-29(2,22-6-5-20(30)15-23(22)31)38-26-8-4-19(16-37-26)21(13-17-9-11-36-12-10-17)18-3-7-24(39-27(32)33)25(14-18)40-28(34)35/h3-12,14-16,21,27-28H,13H2,1-2H3,(H,37,38). The van der Waals surface area contributed by atoms with Crippen molar-refractivity contribution in [3.8, 4) is 11.5 Å². The summed E-state index contributed by atoms with van der Waals surface area (Å²) in [5.74, 6) is -2.48. The molecule has 0 spiro atoms. The Morgan fingerprint density at radius 2 is 1.48 bits per heavy atom. The molecule has 4 rings (SSSR count). The van der Waals surface area contributed by atoms with Crippen LogP contribution in [-0.2, 0) is 12.0 Å². The Labute approximate surface area is 226 Å². The first-order valence-corrected chi connectivity index (χ1v) is 12.1. The number of hydrogen-bond acceptors (Lipinski definition) is 5. The molecule has 0 aliphatic rings. The number of pyridine rings is 2. The van der Waals surface area contributed by atoms with Gasteiger partial charge in [-0.1, -0.05) is 18.2 Å². The summed E-state index contributed by atoms with van der Waals surface area (Å²) in [7, 11) is 0. The monoisotopic (exact) mass is 561 g/mol. The number of hydrogen-bond donors (Lipinski definition) is 1. The van der Waals surface area contributed by atoms with Crippen molar-refractivity contribution in [1.29, 1.82) is 0 Å².